The fourth-order valence-corrected chi connectivity index (χ4v) is 8.26. The lowest BCUT2D eigenvalue weighted by Gasteiger charge is -2.28. The fourth-order valence-electron chi connectivity index (χ4n) is 3.17. The number of benzene rings is 1. The highest BCUT2D eigenvalue weighted by Crippen LogP contribution is 2.63. The van der Waals surface area contributed by atoms with Crippen LogP contribution in [0, 0.1) is 0 Å². The van der Waals surface area contributed by atoms with E-state index < -0.39 is 7.26 Å². The number of unbranched alkanes of at least 4 members (excludes halogenated alkanes) is 3. The monoisotopic (exact) mass is 323 g/mol. The van der Waals surface area contributed by atoms with Crippen molar-refractivity contribution in [2.75, 3.05) is 25.6 Å². The third-order valence-electron chi connectivity index (χ3n) is 4.64. The van der Waals surface area contributed by atoms with Gasteiger partial charge in [0.25, 0.3) is 0 Å². The van der Waals surface area contributed by atoms with E-state index in [4.69, 9.17) is 4.74 Å². The molecule has 0 unspecified atom stereocenters. The SMILES string of the molecule is CCCC[P+](CCCC)(CCCC)Cc1ccc(OC)cc1. The van der Waals surface area contributed by atoms with Crippen LogP contribution in [0.2, 0.25) is 0 Å². The topological polar surface area (TPSA) is 9.23 Å². The van der Waals surface area contributed by atoms with Crippen molar-refractivity contribution in [2.45, 2.75) is 65.5 Å². The second-order valence-corrected chi connectivity index (χ2v) is 10.9. The lowest BCUT2D eigenvalue weighted by atomic mass is 10.2. The quantitative estimate of drug-likeness (QED) is 0.393. The molecule has 1 rings (SSSR count). The molecular weight excluding hydrogens is 287 g/mol. The standard InChI is InChI=1S/C20H36OP/c1-5-8-15-22(16-9-6-2,17-10-7-3)18-19-11-13-20(21-4)14-12-19/h11-14H,5-10,15-18H2,1-4H3/q+1. The van der Waals surface area contributed by atoms with Gasteiger partial charge in [0.05, 0.1) is 31.8 Å². The van der Waals surface area contributed by atoms with E-state index in [0.29, 0.717) is 0 Å². The van der Waals surface area contributed by atoms with E-state index in [2.05, 4.69) is 45.0 Å². The molecule has 0 aliphatic carbocycles. The van der Waals surface area contributed by atoms with Gasteiger partial charge in [0, 0.05) is 7.26 Å². The van der Waals surface area contributed by atoms with Crippen LogP contribution >= 0.6 is 7.26 Å². The molecule has 1 aromatic rings. The maximum Gasteiger partial charge on any atom is 0.118 e. The van der Waals surface area contributed by atoms with E-state index in [1.165, 1.54) is 68.7 Å². The van der Waals surface area contributed by atoms with Gasteiger partial charge in [-0.2, -0.15) is 0 Å². The first-order valence-electron chi connectivity index (χ1n) is 9.17. The summed E-state index contributed by atoms with van der Waals surface area (Å²) in [5, 5.41) is 0. The van der Waals surface area contributed by atoms with Gasteiger partial charge >= 0.3 is 0 Å². The fraction of sp³-hybridized carbons (Fsp3) is 0.700. The van der Waals surface area contributed by atoms with E-state index in [1.54, 1.807) is 7.11 Å². The van der Waals surface area contributed by atoms with Crippen molar-refractivity contribution in [3.63, 3.8) is 0 Å². The molecule has 0 heterocycles. The van der Waals surface area contributed by atoms with E-state index in [9.17, 15) is 0 Å². The molecule has 0 radical (unpaired) electrons. The smallest absolute Gasteiger partial charge is 0.118 e. The molecule has 0 aromatic heterocycles. The van der Waals surface area contributed by atoms with Crippen LogP contribution in [0.25, 0.3) is 0 Å². The molecule has 2 heteroatoms. The second-order valence-electron chi connectivity index (χ2n) is 6.58. The van der Waals surface area contributed by atoms with Crippen molar-refractivity contribution in [3.05, 3.63) is 29.8 Å². The number of methoxy groups -OCH3 is 1. The van der Waals surface area contributed by atoms with Crippen LogP contribution in [0.4, 0.5) is 0 Å². The van der Waals surface area contributed by atoms with Crippen molar-refractivity contribution >= 4 is 7.26 Å². The number of hydrogen-bond donors (Lipinski definition) is 0. The van der Waals surface area contributed by atoms with Gasteiger partial charge in [0.15, 0.2) is 0 Å². The third-order valence-corrected chi connectivity index (χ3v) is 9.47. The summed E-state index contributed by atoms with van der Waals surface area (Å²) in [6, 6.07) is 8.84. The Bertz CT molecular complexity index is 363. The summed E-state index contributed by atoms with van der Waals surface area (Å²) in [4.78, 5) is 0. The number of hydrogen-bond acceptors (Lipinski definition) is 1. The molecule has 0 spiro atoms. The van der Waals surface area contributed by atoms with Crippen LogP contribution in [0.5, 0.6) is 5.75 Å². The Hall–Kier alpha value is -0.550. The summed E-state index contributed by atoms with van der Waals surface area (Å²) >= 11 is 0. The van der Waals surface area contributed by atoms with E-state index in [-0.39, 0.29) is 0 Å². The predicted molar refractivity (Wildman–Crippen MR) is 103 cm³/mol. The van der Waals surface area contributed by atoms with E-state index in [0.717, 1.165) is 5.75 Å². The Kier molecular flexibility index (Phi) is 9.80. The van der Waals surface area contributed by atoms with Crippen LogP contribution in [-0.2, 0) is 6.16 Å². The van der Waals surface area contributed by atoms with Gasteiger partial charge in [-0.15, -0.1) is 0 Å². The first kappa shape index (κ1) is 19.5. The molecule has 0 amide bonds. The zero-order chi connectivity index (χ0) is 16.3. The predicted octanol–water partition coefficient (Wildman–Crippen LogP) is 6.61. The van der Waals surface area contributed by atoms with Gasteiger partial charge in [-0.1, -0.05) is 52.2 Å². The highest BCUT2D eigenvalue weighted by atomic mass is 31.2. The maximum atomic E-state index is 5.30. The summed E-state index contributed by atoms with van der Waals surface area (Å²) in [6.45, 7) is 7.01. The molecule has 126 valence electrons. The largest absolute Gasteiger partial charge is 0.497 e. The van der Waals surface area contributed by atoms with Gasteiger partial charge in [0.2, 0.25) is 0 Å². The van der Waals surface area contributed by atoms with Crippen molar-refractivity contribution in [2.24, 2.45) is 0 Å². The molecule has 0 aliphatic rings. The molecule has 22 heavy (non-hydrogen) atoms. The normalized spacial score (nSPS) is 11.6. The number of rotatable bonds is 12. The minimum absolute atomic E-state index is 0.832. The lowest BCUT2D eigenvalue weighted by molar-refractivity contribution is 0.414. The first-order chi connectivity index (χ1) is 10.7. The zero-order valence-electron chi connectivity index (χ0n) is 15.2. The molecule has 0 fully saturated rings. The minimum Gasteiger partial charge on any atom is -0.497 e. The highest BCUT2D eigenvalue weighted by molar-refractivity contribution is 7.75. The summed E-state index contributed by atoms with van der Waals surface area (Å²) < 4.78 is 5.30. The average Bonchev–Trinajstić information content (AvgIpc) is 2.56. The van der Waals surface area contributed by atoms with Crippen molar-refractivity contribution in [1.82, 2.24) is 0 Å². The first-order valence-corrected chi connectivity index (χ1v) is 11.7. The van der Waals surface area contributed by atoms with Crippen LogP contribution < -0.4 is 4.74 Å². The van der Waals surface area contributed by atoms with Crippen molar-refractivity contribution in [1.29, 1.82) is 0 Å². The molecule has 0 saturated heterocycles. The minimum atomic E-state index is -0.832. The number of ether oxygens (including phenoxy) is 1. The Labute approximate surface area is 139 Å². The third kappa shape index (κ3) is 6.69. The van der Waals surface area contributed by atoms with Gasteiger partial charge in [-0.25, -0.2) is 0 Å². The van der Waals surface area contributed by atoms with Crippen LogP contribution in [0.3, 0.4) is 0 Å². The second kappa shape index (κ2) is 11.1. The molecule has 0 atom stereocenters. The molecular formula is C20H36OP+. The average molecular weight is 323 g/mol. The summed E-state index contributed by atoms with van der Waals surface area (Å²) in [5.41, 5.74) is 1.53. The summed E-state index contributed by atoms with van der Waals surface area (Å²) in [5.74, 6) is 0.975. The van der Waals surface area contributed by atoms with Crippen LogP contribution in [0.15, 0.2) is 24.3 Å². The van der Waals surface area contributed by atoms with Gasteiger partial charge < -0.3 is 4.74 Å². The van der Waals surface area contributed by atoms with Gasteiger partial charge in [-0.3, -0.25) is 0 Å². The van der Waals surface area contributed by atoms with Crippen LogP contribution in [-0.4, -0.2) is 25.6 Å². The molecule has 0 bridgehead atoms. The van der Waals surface area contributed by atoms with Crippen molar-refractivity contribution in [3.8, 4) is 5.75 Å². The van der Waals surface area contributed by atoms with Crippen LogP contribution in [0.1, 0.15) is 64.9 Å². The highest BCUT2D eigenvalue weighted by Gasteiger charge is 2.35. The molecule has 0 saturated carbocycles. The molecule has 1 nitrogen and oxygen atoms in total. The lowest BCUT2D eigenvalue weighted by Crippen LogP contribution is -2.11. The summed E-state index contributed by atoms with van der Waals surface area (Å²) in [7, 11) is 0.914. The molecule has 1 aromatic carbocycles. The Morgan fingerprint density at radius 3 is 1.59 bits per heavy atom. The van der Waals surface area contributed by atoms with Gasteiger partial charge in [0.1, 0.15) is 5.75 Å². The maximum absolute atomic E-state index is 5.30. The zero-order valence-corrected chi connectivity index (χ0v) is 16.1. The summed E-state index contributed by atoms with van der Waals surface area (Å²) in [6.07, 6.45) is 14.1. The Balaban J connectivity index is 2.87. The molecule has 0 N–H and O–H groups in total. The Morgan fingerprint density at radius 2 is 1.23 bits per heavy atom. The van der Waals surface area contributed by atoms with E-state index in [1.807, 2.05) is 0 Å². The Morgan fingerprint density at radius 1 is 0.773 bits per heavy atom. The van der Waals surface area contributed by atoms with Gasteiger partial charge in [-0.05, 0) is 37.0 Å². The van der Waals surface area contributed by atoms with Crippen molar-refractivity contribution < 1.29 is 4.74 Å². The van der Waals surface area contributed by atoms with E-state index >= 15 is 0 Å². The molecule has 0 aliphatic heterocycles.